The molecule has 0 radical (unpaired) electrons. The van der Waals surface area contributed by atoms with Gasteiger partial charge in [-0.1, -0.05) is 13.8 Å². The van der Waals surface area contributed by atoms with E-state index >= 15 is 0 Å². The quantitative estimate of drug-likeness (QED) is 0.616. The maximum absolute atomic E-state index is 12.7. The minimum absolute atomic E-state index is 0.00891. The Morgan fingerprint density at radius 3 is 2.78 bits per heavy atom. The summed E-state index contributed by atoms with van der Waals surface area (Å²) in [5.41, 5.74) is 0. The molecule has 1 aliphatic heterocycles. The lowest BCUT2D eigenvalue weighted by Crippen LogP contribution is -2.37. The van der Waals surface area contributed by atoms with Gasteiger partial charge < -0.3 is 10.2 Å². The molecule has 8 heteroatoms. The lowest BCUT2D eigenvalue weighted by molar-refractivity contribution is -0.121. The second-order valence-electron chi connectivity index (χ2n) is 8.23. The molecule has 1 aromatic heterocycles. The van der Waals surface area contributed by atoms with E-state index in [-0.39, 0.29) is 11.9 Å². The molecule has 2 N–H and O–H groups in total. The first kappa shape index (κ1) is 20.8. The van der Waals surface area contributed by atoms with Gasteiger partial charge in [0.2, 0.25) is 15.9 Å². The number of nitrogens with zero attached hydrogens (tertiary/aromatic N) is 1. The highest BCUT2D eigenvalue weighted by molar-refractivity contribution is 7.91. The van der Waals surface area contributed by atoms with Crippen LogP contribution in [0.2, 0.25) is 0 Å². The minimum Gasteiger partial charge on any atom is -0.356 e. The van der Waals surface area contributed by atoms with Crippen molar-refractivity contribution in [2.24, 2.45) is 11.8 Å². The minimum atomic E-state index is -3.46. The zero-order chi connectivity index (χ0) is 19.4. The van der Waals surface area contributed by atoms with Gasteiger partial charge >= 0.3 is 0 Å². The Labute approximate surface area is 166 Å². The Morgan fingerprint density at radius 1 is 1.30 bits per heavy atom. The first-order chi connectivity index (χ1) is 12.8. The van der Waals surface area contributed by atoms with Crippen LogP contribution >= 0.6 is 11.3 Å². The van der Waals surface area contributed by atoms with Gasteiger partial charge in [0, 0.05) is 37.0 Å². The molecule has 6 nitrogen and oxygen atoms in total. The molecule has 152 valence electrons. The molecule has 1 saturated heterocycles. The number of carbonyl (C=O) groups is 1. The number of likely N-dealkylation sites (tertiary alicyclic amines) is 1. The summed E-state index contributed by atoms with van der Waals surface area (Å²) in [5.74, 6) is 1.22. The highest BCUT2D eigenvalue weighted by Crippen LogP contribution is 2.31. The van der Waals surface area contributed by atoms with E-state index in [1.54, 1.807) is 6.07 Å². The van der Waals surface area contributed by atoms with Crippen molar-refractivity contribution in [3.8, 4) is 0 Å². The average molecular weight is 414 g/mol. The summed E-state index contributed by atoms with van der Waals surface area (Å²) in [6.07, 6.45) is 4.70. The first-order valence-electron chi connectivity index (χ1n) is 9.92. The van der Waals surface area contributed by atoms with Gasteiger partial charge in [-0.2, -0.15) is 0 Å². The van der Waals surface area contributed by atoms with Crippen LogP contribution in [0.5, 0.6) is 0 Å². The normalized spacial score (nSPS) is 21.1. The Morgan fingerprint density at radius 2 is 2.07 bits per heavy atom. The van der Waals surface area contributed by atoms with Crippen LogP contribution in [0.15, 0.2) is 16.3 Å². The van der Waals surface area contributed by atoms with E-state index in [9.17, 15) is 13.2 Å². The molecule has 1 aliphatic carbocycles. The van der Waals surface area contributed by atoms with Crippen molar-refractivity contribution in [1.29, 1.82) is 0 Å². The van der Waals surface area contributed by atoms with Crippen LogP contribution < -0.4 is 10.0 Å². The maximum atomic E-state index is 12.7. The SMILES string of the molecule is CC(C)CC(=O)NCCc1ccc(S(=O)(=O)N[C@@H]2CCN(CC3CC3)C2)s1. The summed E-state index contributed by atoms with van der Waals surface area (Å²) >= 11 is 1.29. The Kier molecular flexibility index (Phi) is 6.94. The van der Waals surface area contributed by atoms with Crippen LogP contribution in [0.4, 0.5) is 0 Å². The van der Waals surface area contributed by atoms with E-state index in [0.717, 1.165) is 36.9 Å². The van der Waals surface area contributed by atoms with E-state index in [2.05, 4.69) is 14.9 Å². The van der Waals surface area contributed by atoms with Gasteiger partial charge in [0.1, 0.15) is 4.21 Å². The van der Waals surface area contributed by atoms with Crippen molar-refractivity contribution in [2.45, 2.75) is 56.2 Å². The van der Waals surface area contributed by atoms with E-state index in [1.807, 2.05) is 19.9 Å². The van der Waals surface area contributed by atoms with Crippen molar-refractivity contribution >= 4 is 27.3 Å². The highest BCUT2D eigenvalue weighted by atomic mass is 32.2. The van der Waals surface area contributed by atoms with Gasteiger partial charge in [-0.3, -0.25) is 4.79 Å². The molecule has 2 heterocycles. The van der Waals surface area contributed by atoms with Crippen LogP contribution in [0, 0.1) is 11.8 Å². The fourth-order valence-corrected chi connectivity index (χ4v) is 6.08. The van der Waals surface area contributed by atoms with Crippen LogP contribution in [-0.2, 0) is 21.2 Å². The molecule has 2 aliphatic rings. The average Bonchev–Trinajstić information content (AvgIpc) is 3.06. The van der Waals surface area contributed by atoms with Gasteiger partial charge in [0.15, 0.2) is 0 Å². The predicted molar refractivity (Wildman–Crippen MR) is 108 cm³/mol. The number of hydrogen-bond acceptors (Lipinski definition) is 5. The van der Waals surface area contributed by atoms with Crippen molar-refractivity contribution in [1.82, 2.24) is 14.9 Å². The van der Waals surface area contributed by atoms with Gasteiger partial charge in [-0.05, 0) is 56.2 Å². The second-order valence-corrected chi connectivity index (χ2v) is 11.3. The summed E-state index contributed by atoms with van der Waals surface area (Å²) in [4.78, 5) is 15.0. The number of hydrogen-bond donors (Lipinski definition) is 2. The molecular weight excluding hydrogens is 382 g/mol. The van der Waals surface area contributed by atoms with Crippen LogP contribution in [0.3, 0.4) is 0 Å². The fourth-order valence-electron chi connectivity index (χ4n) is 3.44. The molecule has 27 heavy (non-hydrogen) atoms. The molecule has 0 bridgehead atoms. The zero-order valence-electron chi connectivity index (χ0n) is 16.2. The third-order valence-electron chi connectivity index (χ3n) is 5.00. The molecule has 1 amide bonds. The number of amides is 1. The van der Waals surface area contributed by atoms with Gasteiger partial charge in [-0.25, -0.2) is 13.1 Å². The summed E-state index contributed by atoms with van der Waals surface area (Å²) in [6, 6.07) is 3.53. The van der Waals surface area contributed by atoms with E-state index in [4.69, 9.17) is 0 Å². The fraction of sp³-hybridized carbons (Fsp3) is 0.737. The summed E-state index contributed by atoms with van der Waals surface area (Å²) in [5, 5.41) is 2.89. The van der Waals surface area contributed by atoms with Crippen molar-refractivity contribution in [3.05, 3.63) is 17.0 Å². The smallest absolute Gasteiger partial charge is 0.250 e. The maximum Gasteiger partial charge on any atom is 0.250 e. The van der Waals surface area contributed by atoms with Gasteiger partial charge in [0.05, 0.1) is 0 Å². The number of thiophene rings is 1. The number of sulfonamides is 1. The molecule has 1 aromatic rings. The first-order valence-corrected chi connectivity index (χ1v) is 12.2. The summed E-state index contributed by atoms with van der Waals surface area (Å²) in [6.45, 7) is 7.48. The lowest BCUT2D eigenvalue weighted by atomic mass is 10.1. The Hall–Kier alpha value is -0.960. The van der Waals surface area contributed by atoms with Crippen molar-refractivity contribution in [2.75, 3.05) is 26.2 Å². The molecule has 0 aromatic carbocycles. The lowest BCUT2D eigenvalue weighted by Gasteiger charge is -2.16. The monoisotopic (exact) mass is 413 g/mol. The van der Waals surface area contributed by atoms with E-state index < -0.39 is 10.0 Å². The Bertz CT molecular complexity index is 741. The molecule has 0 spiro atoms. The van der Waals surface area contributed by atoms with Crippen LogP contribution in [0.1, 0.15) is 44.4 Å². The second kappa shape index (κ2) is 9.03. The number of nitrogens with one attached hydrogen (secondary N) is 2. The molecule has 3 rings (SSSR count). The van der Waals surface area contributed by atoms with Gasteiger partial charge in [0.25, 0.3) is 0 Å². The molecule has 2 fully saturated rings. The summed E-state index contributed by atoms with van der Waals surface area (Å²) < 4.78 is 28.6. The third kappa shape index (κ3) is 6.55. The van der Waals surface area contributed by atoms with Crippen LogP contribution in [0.25, 0.3) is 0 Å². The van der Waals surface area contributed by atoms with Crippen LogP contribution in [-0.4, -0.2) is 51.4 Å². The Balaban J connectivity index is 1.45. The molecule has 1 saturated carbocycles. The zero-order valence-corrected chi connectivity index (χ0v) is 17.9. The molecule has 1 atom stereocenters. The van der Waals surface area contributed by atoms with Crippen molar-refractivity contribution < 1.29 is 13.2 Å². The summed E-state index contributed by atoms with van der Waals surface area (Å²) in [7, 11) is -3.46. The highest BCUT2D eigenvalue weighted by Gasteiger charge is 2.31. The number of carbonyl (C=O) groups excluding carboxylic acids is 1. The third-order valence-corrected chi connectivity index (χ3v) is 8.15. The number of rotatable bonds is 10. The van der Waals surface area contributed by atoms with Gasteiger partial charge in [-0.15, -0.1) is 11.3 Å². The standard InChI is InChI=1S/C19H31N3O3S2/c1-14(2)11-18(23)20-9-7-17-5-6-19(26-17)27(24,25)21-16-8-10-22(13-16)12-15-3-4-15/h5-6,14-16,21H,3-4,7-13H2,1-2H3,(H,20,23)/t16-/m1/s1. The largest absolute Gasteiger partial charge is 0.356 e. The van der Waals surface area contributed by atoms with E-state index in [0.29, 0.717) is 29.5 Å². The van der Waals surface area contributed by atoms with E-state index in [1.165, 1.54) is 24.2 Å². The topological polar surface area (TPSA) is 78.5 Å². The molecule has 0 unspecified atom stereocenters. The predicted octanol–water partition coefficient (Wildman–Crippen LogP) is 2.22. The van der Waals surface area contributed by atoms with Crippen molar-refractivity contribution in [3.63, 3.8) is 0 Å². The molecular formula is C19H31N3O3S2.